The quantitative estimate of drug-likeness (QED) is 0.190. The number of halogens is 1. The lowest BCUT2D eigenvalue weighted by Crippen LogP contribution is -2.22. The molecule has 0 amide bonds. The van der Waals surface area contributed by atoms with E-state index in [0.29, 0.717) is 16.5 Å². The van der Waals surface area contributed by atoms with Gasteiger partial charge in [0.1, 0.15) is 6.67 Å². The van der Waals surface area contributed by atoms with Crippen LogP contribution in [0.1, 0.15) is 0 Å². The van der Waals surface area contributed by atoms with Crippen molar-refractivity contribution in [3.8, 4) is 28.3 Å². The number of anilines is 2. The van der Waals surface area contributed by atoms with E-state index in [1.165, 1.54) is 0 Å². The Hall–Kier alpha value is -4.91. The Labute approximate surface area is 253 Å². The molecule has 0 aliphatic carbocycles. The molecule has 7 rings (SSSR count). The van der Waals surface area contributed by atoms with Crippen LogP contribution in [0.5, 0.6) is 0 Å². The Morgan fingerprint density at radius 3 is 1.90 bits per heavy atom. The molecule has 7 aromatic rings. The summed E-state index contributed by atoms with van der Waals surface area (Å²) in [5.41, 5.74) is 6.97. The largest absolute Gasteiger partial charge is 0.351 e. The number of rotatable bonds is 7. The van der Waals surface area contributed by atoms with E-state index in [1.54, 1.807) is 0 Å². The smallest absolute Gasteiger partial charge is 0.204 e. The van der Waals surface area contributed by atoms with Gasteiger partial charge in [0, 0.05) is 32.9 Å². The van der Waals surface area contributed by atoms with Gasteiger partial charge in [0.15, 0.2) is 5.82 Å². The van der Waals surface area contributed by atoms with Crippen LogP contribution in [0.2, 0.25) is 5.02 Å². The Kier molecular flexibility index (Phi) is 6.92. The highest BCUT2D eigenvalue weighted by Crippen LogP contribution is 2.39. The molecular formula is C35H26ClN5S. The van der Waals surface area contributed by atoms with Crippen molar-refractivity contribution in [2.24, 2.45) is 0 Å². The summed E-state index contributed by atoms with van der Waals surface area (Å²) in [7, 11) is 0. The topological polar surface area (TPSA) is 41.8 Å². The molecule has 0 spiro atoms. The summed E-state index contributed by atoms with van der Waals surface area (Å²) in [5.74, 6) is 0.721. The van der Waals surface area contributed by atoms with E-state index >= 15 is 0 Å². The number of hydrogen-bond donors (Lipinski definition) is 1. The van der Waals surface area contributed by atoms with Gasteiger partial charge >= 0.3 is 0 Å². The highest BCUT2D eigenvalue weighted by atomic mass is 35.5. The van der Waals surface area contributed by atoms with Gasteiger partial charge in [-0.25, -0.2) is 4.68 Å². The number of para-hydroxylation sites is 3. The lowest BCUT2D eigenvalue weighted by Gasteiger charge is -2.24. The SMILES string of the molecule is S=c1n(CN(c2ccccc2)c2ccccc2)nc(-c2[nH]c3ccc(Cl)cc3c2-c2ccccc2)n1-c1ccccc1. The van der Waals surface area contributed by atoms with Gasteiger partial charge in [-0.2, -0.15) is 0 Å². The first-order valence-electron chi connectivity index (χ1n) is 13.7. The molecule has 0 unspecified atom stereocenters. The predicted molar refractivity (Wildman–Crippen MR) is 175 cm³/mol. The fraction of sp³-hybridized carbons (Fsp3) is 0.0286. The third kappa shape index (κ3) is 4.81. The summed E-state index contributed by atoms with van der Waals surface area (Å²) < 4.78 is 4.52. The molecule has 5 aromatic carbocycles. The van der Waals surface area contributed by atoms with Gasteiger partial charge in [-0.3, -0.25) is 4.57 Å². The second kappa shape index (κ2) is 11.2. The Bertz CT molecular complexity index is 1990. The molecule has 204 valence electrons. The molecular weight excluding hydrogens is 558 g/mol. The van der Waals surface area contributed by atoms with E-state index in [-0.39, 0.29) is 0 Å². The number of benzene rings is 5. The number of aromatic amines is 1. The molecule has 7 heteroatoms. The normalized spacial score (nSPS) is 11.2. The number of H-pyrrole nitrogens is 1. The summed E-state index contributed by atoms with van der Waals surface area (Å²) in [4.78, 5) is 5.87. The Balaban J connectivity index is 1.47. The predicted octanol–water partition coefficient (Wildman–Crippen LogP) is 9.67. The maximum Gasteiger partial charge on any atom is 0.204 e. The van der Waals surface area contributed by atoms with Gasteiger partial charge in [-0.05, 0) is 72.4 Å². The van der Waals surface area contributed by atoms with E-state index in [4.69, 9.17) is 28.9 Å². The van der Waals surface area contributed by atoms with Gasteiger partial charge in [-0.1, -0.05) is 96.5 Å². The maximum atomic E-state index is 6.50. The Morgan fingerprint density at radius 2 is 1.29 bits per heavy atom. The third-order valence-corrected chi connectivity index (χ3v) is 7.94. The molecule has 1 N–H and O–H groups in total. The zero-order valence-corrected chi connectivity index (χ0v) is 24.1. The zero-order valence-electron chi connectivity index (χ0n) is 22.6. The average molecular weight is 584 g/mol. The van der Waals surface area contributed by atoms with Crippen LogP contribution in [0, 0.1) is 4.77 Å². The van der Waals surface area contributed by atoms with E-state index in [0.717, 1.165) is 50.6 Å². The minimum Gasteiger partial charge on any atom is -0.351 e. The summed E-state index contributed by atoms with van der Waals surface area (Å²) >= 11 is 12.7. The van der Waals surface area contributed by atoms with Crippen molar-refractivity contribution in [2.45, 2.75) is 6.67 Å². The van der Waals surface area contributed by atoms with Gasteiger partial charge in [0.25, 0.3) is 0 Å². The zero-order chi connectivity index (χ0) is 28.5. The fourth-order valence-electron chi connectivity index (χ4n) is 5.37. The van der Waals surface area contributed by atoms with Crippen LogP contribution < -0.4 is 4.90 Å². The molecule has 0 aliphatic heterocycles. The van der Waals surface area contributed by atoms with E-state index in [9.17, 15) is 0 Å². The summed E-state index contributed by atoms with van der Waals surface area (Å²) in [6.45, 7) is 0.423. The first-order chi connectivity index (χ1) is 20.7. The van der Waals surface area contributed by atoms with E-state index < -0.39 is 0 Å². The van der Waals surface area contributed by atoms with Crippen molar-refractivity contribution >= 4 is 46.1 Å². The summed E-state index contributed by atoms with van der Waals surface area (Å²) in [5, 5.41) is 6.93. The van der Waals surface area contributed by atoms with Crippen molar-refractivity contribution in [1.82, 2.24) is 19.3 Å². The molecule has 5 nitrogen and oxygen atoms in total. The lowest BCUT2D eigenvalue weighted by atomic mass is 10.0. The second-order valence-electron chi connectivity index (χ2n) is 9.95. The first kappa shape index (κ1) is 26.0. The van der Waals surface area contributed by atoms with Crippen LogP contribution in [0.15, 0.2) is 140 Å². The molecule has 0 bridgehead atoms. The van der Waals surface area contributed by atoms with Crippen LogP contribution in [0.25, 0.3) is 39.2 Å². The van der Waals surface area contributed by atoms with Crippen molar-refractivity contribution in [2.75, 3.05) is 4.90 Å². The fourth-order valence-corrected chi connectivity index (χ4v) is 5.83. The Morgan fingerprint density at radius 1 is 0.714 bits per heavy atom. The average Bonchev–Trinajstić information content (AvgIpc) is 3.58. The van der Waals surface area contributed by atoms with Gasteiger partial charge in [-0.15, -0.1) is 5.10 Å². The summed E-state index contributed by atoms with van der Waals surface area (Å²) in [6, 6.07) is 47.0. The van der Waals surface area contributed by atoms with Gasteiger partial charge < -0.3 is 9.88 Å². The highest BCUT2D eigenvalue weighted by Gasteiger charge is 2.23. The third-order valence-electron chi connectivity index (χ3n) is 7.31. The molecule has 0 atom stereocenters. The monoisotopic (exact) mass is 583 g/mol. The number of nitrogens with zero attached hydrogens (tertiary/aromatic N) is 4. The number of aromatic nitrogens is 4. The number of nitrogens with one attached hydrogen (secondary N) is 1. The number of fused-ring (bicyclic) bond motifs is 1. The first-order valence-corrected chi connectivity index (χ1v) is 14.5. The van der Waals surface area contributed by atoms with Crippen molar-refractivity contribution in [1.29, 1.82) is 0 Å². The van der Waals surface area contributed by atoms with Crippen LogP contribution in [0.3, 0.4) is 0 Å². The maximum absolute atomic E-state index is 6.50. The number of hydrogen-bond acceptors (Lipinski definition) is 3. The molecule has 0 aliphatic rings. The van der Waals surface area contributed by atoms with Crippen LogP contribution >= 0.6 is 23.8 Å². The minimum atomic E-state index is 0.423. The van der Waals surface area contributed by atoms with Gasteiger partial charge in [0.05, 0.1) is 11.4 Å². The molecule has 2 heterocycles. The standard InChI is InChI=1S/C35H26ClN5S/c36-26-21-22-31-30(23-26)32(25-13-5-1-6-14-25)33(37-31)34-38-40(35(42)41(34)29-19-11-4-12-20-29)24-39(27-15-7-2-8-16-27)28-17-9-3-10-18-28/h1-23,37H,24H2. The molecule has 42 heavy (non-hydrogen) atoms. The molecule has 2 aromatic heterocycles. The van der Waals surface area contributed by atoms with Crippen molar-refractivity contribution < 1.29 is 0 Å². The second-order valence-corrected chi connectivity index (χ2v) is 10.7. The van der Waals surface area contributed by atoms with Crippen LogP contribution in [-0.2, 0) is 6.67 Å². The highest BCUT2D eigenvalue weighted by molar-refractivity contribution is 7.71. The van der Waals surface area contributed by atoms with E-state index in [2.05, 4.69) is 58.4 Å². The minimum absolute atomic E-state index is 0.423. The van der Waals surface area contributed by atoms with E-state index in [1.807, 2.05) is 100 Å². The summed E-state index contributed by atoms with van der Waals surface area (Å²) in [6.07, 6.45) is 0. The van der Waals surface area contributed by atoms with Gasteiger partial charge in [0.2, 0.25) is 4.77 Å². The van der Waals surface area contributed by atoms with Crippen molar-refractivity contribution in [3.63, 3.8) is 0 Å². The van der Waals surface area contributed by atoms with Crippen LogP contribution in [-0.4, -0.2) is 19.3 Å². The molecule has 0 radical (unpaired) electrons. The van der Waals surface area contributed by atoms with Crippen molar-refractivity contribution in [3.05, 3.63) is 149 Å². The molecule has 0 saturated heterocycles. The lowest BCUT2D eigenvalue weighted by molar-refractivity contribution is 0.612. The van der Waals surface area contributed by atoms with Crippen LogP contribution in [0.4, 0.5) is 11.4 Å². The molecule has 0 fully saturated rings. The molecule has 0 saturated carbocycles.